The minimum Gasteiger partial charge on any atom is -0.497 e. The van der Waals surface area contributed by atoms with Gasteiger partial charge in [0.25, 0.3) is 0 Å². The number of methoxy groups -OCH3 is 2. The average Bonchev–Trinajstić information content (AvgIpc) is 2.95. The summed E-state index contributed by atoms with van der Waals surface area (Å²) < 4.78 is 10.0. The highest BCUT2D eigenvalue weighted by Gasteiger charge is 2.20. The molecule has 0 bridgehead atoms. The fourth-order valence-corrected chi connectivity index (χ4v) is 2.85. The lowest BCUT2D eigenvalue weighted by atomic mass is 10.1. The van der Waals surface area contributed by atoms with E-state index in [1.807, 2.05) is 30.3 Å². The molecular formula is C18H19NO3. The van der Waals surface area contributed by atoms with Crippen LogP contribution >= 0.6 is 0 Å². The van der Waals surface area contributed by atoms with Crippen LogP contribution in [0.15, 0.2) is 42.5 Å². The number of hydrogen-bond donors (Lipinski definition) is 0. The molecule has 0 N–H and O–H groups in total. The third kappa shape index (κ3) is 2.97. The molecule has 3 rings (SSSR count). The molecule has 0 unspecified atom stereocenters. The summed E-state index contributed by atoms with van der Waals surface area (Å²) in [5, 5.41) is 0. The lowest BCUT2D eigenvalue weighted by molar-refractivity contribution is 0.0600. The highest BCUT2D eigenvalue weighted by atomic mass is 16.5. The molecule has 0 fully saturated rings. The molecule has 1 aliphatic rings. The van der Waals surface area contributed by atoms with Crippen molar-refractivity contribution >= 4 is 5.97 Å². The second-order valence-corrected chi connectivity index (χ2v) is 5.47. The van der Waals surface area contributed by atoms with E-state index in [9.17, 15) is 4.79 Å². The average molecular weight is 297 g/mol. The number of fused-ring (bicyclic) bond motifs is 1. The number of benzene rings is 2. The van der Waals surface area contributed by atoms with Crippen LogP contribution in [-0.2, 0) is 24.4 Å². The number of rotatable bonds is 4. The number of esters is 1. The van der Waals surface area contributed by atoms with Gasteiger partial charge in [0, 0.05) is 19.6 Å². The largest absolute Gasteiger partial charge is 0.497 e. The van der Waals surface area contributed by atoms with Gasteiger partial charge in [0.2, 0.25) is 0 Å². The molecule has 4 heteroatoms. The van der Waals surface area contributed by atoms with Crippen molar-refractivity contribution in [3.05, 3.63) is 64.7 Å². The van der Waals surface area contributed by atoms with Crippen LogP contribution in [-0.4, -0.2) is 25.1 Å². The van der Waals surface area contributed by atoms with Crippen molar-refractivity contribution in [2.75, 3.05) is 14.2 Å². The Labute approximate surface area is 130 Å². The SMILES string of the molecule is COC(=O)c1ccc2c(c1)CN(Cc1cccc(OC)c1)C2. The number of nitrogens with zero attached hydrogens (tertiary/aromatic N) is 1. The summed E-state index contributed by atoms with van der Waals surface area (Å²) in [6, 6.07) is 13.9. The van der Waals surface area contributed by atoms with E-state index < -0.39 is 0 Å². The second-order valence-electron chi connectivity index (χ2n) is 5.47. The maximum Gasteiger partial charge on any atom is 0.337 e. The Kier molecular flexibility index (Phi) is 4.11. The minimum atomic E-state index is -0.283. The molecule has 4 nitrogen and oxygen atoms in total. The molecular weight excluding hydrogens is 278 g/mol. The van der Waals surface area contributed by atoms with Gasteiger partial charge in [-0.15, -0.1) is 0 Å². The van der Waals surface area contributed by atoms with Crippen LogP contribution in [0.1, 0.15) is 27.0 Å². The lowest BCUT2D eigenvalue weighted by Gasteiger charge is -2.15. The molecule has 2 aromatic carbocycles. The van der Waals surface area contributed by atoms with Crippen molar-refractivity contribution in [3.63, 3.8) is 0 Å². The van der Waals surface area contributed by atoms with Crippen LogP contribution in [0, 0.1) is 0 Å². The lowest BCUT2D eigenvalue weighted by Crippen LogP contribution is -2.15. The van der Waals surface area contributed by atoms with Crippen LogP contribution in [0.2, 0.25) is 0 Å². The van der Waals surface area contributed by atoms with Crippen molar-refractivity contribution in [2.45, 2.75) is 19.6 Å². The highest BCUT2D eigenvalue weighted by molar-refractivity contribution is 5.89. The van der Waals surface area contributed by atoms with E-state index >= 15 is 0 Å². The van der Waals surface area contributed by atoms with Gasteiger partial charge in [-0.3, -0.25) is 4.90 Å². The fourth-order valence-electron chi connectivity index (χ4n) is 2.85. The molecule has 114 valence electrons. The van der Waals surface area contributed by atoms with E-state index in [1.54, 1.807) is 7.11 Å². The first-order valence-corrected chi connectivity index (χ1v) is 7.25. The van der Waals surface area contributed by atoms with Crippen molar-refractivity contribution in [3.8, 4) is 5.75 Å². The zero-order chi connectivity index (χ0) is 15.5. The Morgan fingerprint density at radius 2 is 1.91 bits per heavy atom. The molecule has 0 spiro atoms. The van der Waals surface area contributed by atoms with Crippen LogP contribution < -0.4 is 4.74 Å². The Bertz CT molecular complexity index is 696. The first-order chi connectivity index (χ1) is 10.7. The summed E-state index contributed by atoms with van der Waals surface area (Å²) >= 11 is 0. The summed E-state index contributed by atoms with van der Waals surface area (Å²) in [4.78, 5) is 14.0. The van der Waals surface area contributed by atoms with Crippen LogP contribution in [0.3, 0.4) is 0 Å². The second kappa shape index (κ2) is 6.20. The number of carbonyl (C=O) groups excluding carboxylic acids is 1. The Hall–Kier alpha value is -2.33. The van der Waals surface area contributed by atoms with E-state index in [4.69, 9.17) is 9.47 Å². The number of carbonyl (C=O) groups is 1. The topological polar surface area (TPSA) is 38.8 Å². The van der Waals surface area contributed by atoms with Crippen molar-refractivity contribution < 1.29 is 14.3 Å². The Morgan fingerprint density at radius 1 is 1.09 bits per heavy atom. The van der Waals surface area contributed by atoms with Gasteiger partial charge in [-0.2, -0.15) is 0 Å². The van der Waals surface area contributed by atoms with Gasteiger partial charge in [0.05, 0.1) is 19.8 Å². The predicted octanol–water partition coefficient (Wildman–Crippen LogP) is 3.00. The quantitative estimate of drug-likeness (QED) is 0.813. The van der Waals surface area contributed by atoms with Gasteiger partial charge in [0.1, 0.15) is 5.75 Å². The third-order valence-electron chi connectivity index (χ3n) is 3.96. The molecule has 2 aromatic rings. The van der Waals surface area contributed by atoms with Gasteiger partial charge in [-0.25, -0.2) is 4.79 Å². The van der Waals surface area contributed by atoms with Crippen LogP contribution in [0.25, 0.3) is 0 Å². The van der Waals surface area contributed by atoms with Gasteiger partial charge >= 0.3 is 5.97 Å². The summed E-state index contributed by atoms with van der Waals surface area (Å²) in [5.41, 5.74) is 4.31. The zero-order valence-electron chi connectivity index (χ0n) is 12.8. The van der Waals surface area contributed by atoms with E-state index in [0.29, 0.717) is 5.56 Å². The van der Waals surface area contributed by atoms with Crippen LogP contribution in [0.4, 0.5) is 0 Å². The van der Waals surface area contributed by atoms with Gasteiger partial charge in [-0.05, 0) is 41.0 Å². The smallest absolute Gasteiger partial charge is 0.337 e. The van der Waals surface area contributed by atoms with Crippen molar-refractivity contribution in [1.82, 2.24) is 4.90 Å². The van der Waals surface area contributed by atoms with E-state index in [-0.39, 0.29) is 5.97 Å². The van der Waals surface area contributed by atoms with Gasteiger partial charge < -0.3 is 9.47 Å². The molecule has 0 aromatic heterocycles. The Morgan fingerprint density at radius 3 is 2.68 bits per heavy atom. The molecule has 0 aliphatic carbocycles. The van der Waals surface area contributed by atoms with Crippen molar-refractivity contribution in [1.29, 1.82) is 0 Å². The maximum absolute atomic E-state index is 11.6. The molecule has 0 atom stereocenters. The Balaban J connectivity index is 1.72. The van der Waals surface area contributed by atoms with E-state index in [0.717, 1.165) is 25.4 Å². The summed E-state index contributed by atoms with van der Waals surface area (Å²) in [6.45, 7) is 2.60. The highest BCUT2D eigenvalue weighted by Crippen LogP contribution is 2.26. The summed E-state index contributed by atoms with van der Waals surface area (Å²) in [6.07, 6.45) is 0. The van der Waals surface area contributed by atoms with Gasteiger partial charge in [0.15, 0.2) is 0 Å². The molecule has 0 radical (unpaired) electrons. The number of hydrogen-bond acceptors (Lipinski definition) is 4. The molecule has 22 heavy (non-hydrogen) atoms. The molecule has 1 aliphatic heterocycles. The third-order valence-corrected chi connectivity index (χ3v) is 3.96. The number of ether oxygens (including phenoxy) is 2. The van der Waals surface area contributed by atoms with E-state index in [2.05, 4.69) is 17.0 Å². The molecule has 0 saturated carbocycles. The van der Waals surface area contributed by atoms with E-state index in [1.165, 1.54) is 23.8 Å². The zero-order valence-corrected chi connectivity index (χ0v) is 12.8. The van der Waals surface area contributed by atoms with Gasteiger partial charge in [-0.1, -0.05) is 18.2 Å². The predicted molar refractivity (Wildman–Crippen MR) is 83.7 cm³/mol. The first kappa shape index (κ1) is 14.6. The molecule has 0 amide bonds. The minimum absolute atomic E-state index is 0.283. The van der Waals surface area contributed by atoms with Crippen LogP contribution in [0.5, 0.6) is 5.75 Å². The maximum atomic E-state index is 11.6. The first-order valence-electron chi connectivity index (χ1n) is 7.25. The fraction of sp³-hybridized carbons (Fsp3) is 0.278. The standard InChI is InChI=1S/C18H19NO3/c1-21-17-5-3-4-13(8-17)10-19-11-15-7-6-14(18(20)22-2)9-16(15)12-19/h3-9H,10-12H2,1-2H3. The normalized spacial score (nSPS) is 13.7. The molecule has 0 saturated heterocycles. The van der Waals surface area contributed by atoms with Crippen molar-refractivity contribution in [2.24, 2.45) is 0 Å². The molecule has 1 heterocycles. The monoisotopic (exact) mass is 297 g/mol. The summed E-state index contributed by atoms with van der Waals surface area (Å²) in [5.74, 6) is 0.594. The summed E-state index contributed by atoms with van der Waals surface area (Å²) in [7, 11) is 3.09.